The van der Waals surface area contributed by atoms with Crippen molar-refractivity contribution in [2.75, 3.05) is 13.1 Å². The van der Waals surface area contributed by atoms with E-state index in [9.17, 15) is 10.0 Å². The summed E-state index contributed by atoms with van der Waals surface area (Å²) in [6.45, 7) is 8.62. The molecule has 0 unspecified atom stereocenters. The molecule has 0 aromatic carbocycles. The minimum Gasteiger partial charge on any atom is -0.432 e. The van der Waals surface area contributed by atoms with Crippen LogP contribution in [0.2, 0.25) is 13.6 Å². The first-order chi connectivity index (χ1) is 5.54. The molecule has 1 saturated heterocycles. The Kier molecular flexibility index (Phi) is 2.69. The third-order valence-electron chi connectivity index (χ3n) is 2.15. The predicted molar refractivity (Wildman–Crippen MR) is 50.2 cm³/mol. The maximum atomic E-state index is 9.28. The van der Waals surface area contributed by atoms with Crippen molar-refractivity contribution in [3.05, 3.63) is 12.4 Å². The quantitative estimate of drug-likeness (QED) is 0.534. The highest BCUT2D eigenvalue weighted by atomic mass is 16.2. The molecule has 1 rings (SSSR count). The van der Waals surface area contributed by atoms with Gasteiger partial charge >= 0.3 is 14.1 Å². The van der Waals surface area contributed by atoms with Gasteiger partial charge in [-0.3, -0.25) is 0 Å². The van der Waals surface area contributed by atoms with E-state index < -0.39 is 14.1 Å². The maximum Gasteiger partial charge on any atom is 0.410 e. The second-order valence-electron chi connectivity index (χ2n) is 3.07. The van der Waals surface area contributed by atoms with Gasteiger partial charge < -0.3 is 19.7 Å². The van der Waals surface area contributed by atoms with Gasteiger partial charge in [0.05, 0.1) is 5.82 Å². The van der Waals surface area contributed by atoms with E-state index in [2.05, 4.69) is 6.58 Å². The first-order valence-corrected chi connectivity index (χ1v) is 4.12. The molecule has 2 N–H and O–H groups in total. The molecule has 0 bridgehead atoms. The molecular formula is C6H14B2N2O2. The van der Waals surface area contributed by atoms with E-state index in [0.717, 1.165) is 13.1 Å². The molecule has 12 heavy (non-hydrogen) atoms. The fourth-order valence-electron chi connectivity index (χ4n) is 1.44. The second kappa shape index (κ2) is 3.41. The van der Waals surface area contributed by atoms with Crippen molar-refractivity contribution in [2.45, 2.75) is 13.6 Å². The van der Waals surface area contributed by atoms with Crippen molar-refractivity contribution in [1.82, 2.24) is 9.62 Å². The predicted octanol–water partition coefficient (Wildman–Crippen LogP) is -0.704. The Bertz CT molecular complexity index is 168. The zero-order valence-electron chi connectivity index (χ0n) is 7.56. The van der Waals surface area contributed by atoms with Crippen molar-refractivity contribution in [1.29, 1.82) is 0 Å². The Morgan fingerprint density at radius 3 is 1.67 bits per heavy atom. The minimum atomic E-state index is -0.527. The molecule has 1 aliphatic rings. The molecule has 1 aliphatic heterocycles. The minimum absolute atomic E-state index is 0.527. The lowest BCUT2D eigenvalue weighted by molar-refractivity contribution is 0.430. The van der Waals surface area contributed by atoms with Crippen molar-refractivity contribution in [3.63, 3.8) is 0 Å². The van der Waals surface area contributed by atoms with E-state index in [1.54, 1.807) is 23.3 Å². The Labute approximate surface area is 73.7 Å². The number of rotatable bonds is 2. The topological polar surface area (TPSA) is 46.9 Å². The number of nitrogens with zero attached hydrogens (tertiary/aromatic N) is 2. The van der Waals surface area contributed by atoms with E-state index in [0.29, 0.717) is 5.82 Å². The summed E-state index contributed by atoms with van der Waals surface area (Å²) in [5.41, 5.74) is 0. The summed E-state index contributed by atoms with van der Waals surface area (Å²) < 4.78 is 0. The molecule has 0 radical (unpaired) electrons. The van der Waals surface area contributed by atoms with Gasteiger partial charge in [0.15, 0.2) is 0 Å². The Morgan fingerprint density at radius 2 is 1.50 bits per heavy atom. The lowest BCUT2D eigenvalue weighted by Crippen LogP contribution is -2.37. The monoisotopic (exact) mass is 168 g/mol. The van der Waals surface area contributed by atoms with Gasteiger partial charge in [-0.1, -0.05) is 6.58 Å². The van der Waals surface area contributed by atoms with Crippen LogP contribution in [-0.4, -0.2) is 46.9 Å². The van der Waals surface area contributed by atoms with Crippen molar-refractivity contribution in [3.8, 4) is 0 Å². The maximum absolute atomic E-state index is 9.28. The molecule has 6 heteroatoms. The van der Waals surface area contributed by atoms with Crippen molar-refractivity contribution < 1.29 is 10.0 Å². The van der Waals surface area contributed by atoms with Gasteiger partial charge in [0.1, 0.15) is 0 Å². The zero-order valence-corrected chi connectivity index (χ0v) is 7.56. The lowest BCUT2D eigenvalue weighted by atomic mass is 9.84. The van der Waals surface area contributed by atoms with E-state index in [1.165, 1.54) is 0 Å². The second-order valence-corrected chi connectivity index (χ2v) is 3.07. The van der Waals surface area contributed by atoms with Gasteiger partial charge in [0, 0.05) is 13.1 Å². The highest BCUT2D eigenvalue weighted by molar-refractivity contribution is 6.48. The van der Waals surface area contributed by atoms with Gasteiger partial charge in [0.25, 0.3) is 0 Å². The molecule has 0 amide bonds. The third kappa shape index (κ3) is 1.59. The molecular weight excluding hydrogens is 154 g/mol. The molecule has 66 valence electrons. The Morgan fingerprint density at radius 1 is 1.17 bits per heavy atom. The van der Waals surface area contributed by atoms with E-state index >= 15 is 0 Å². The molecule has 0 aliphatic carbocycles. The van der Waals surface area contributed by atoms with Crippen LogP contribution in [0.15, 0.2) is 12.4 Å². The molecule has 0 aromatic rings. The molecule has 1 heterocycles. The fraction of sp³-hybridized carbons (Fsp3) is 0.667. The molecule has 0 spiro atoms. The first-order valence-electron chi connectivity index (χ1n) is 4.12. The summed E-state index contributed by atoms with van der Waals surface area (Å²) in [5, 5.41) is 18.6. The van der Waals surface area contributed by atoms with Crippen LogP contribution in [0.4, 0.5) is 0 Å². The Balaban J connectivity index is 2.61. The van der Waals surface area contributed by atoms with E-state index in [4.69, 9.17) is 0 Å². The molecule has 0 atom stereocenters. The van der Waals surface area contributed by atoms with Crippen molar-refractivity contribution >= 4 is 14.1 Å². The highest BCUT2D eigenvalue weighted by Gasteiger charge is 2.31. The number of hydrogen-bond acceptors (Lipinski definition) is 4. The SMILES string of the molecule is C=C1N(B(C)O)CCN1B(C)O. The van der Waals surface area contributed by atoms with Crippen LogP contribution in [0, 0.1) is 0 Å². The fourth-order valence-corrected chi connectivity index (χ4v) is 1.44. The third-order valence-corrected chi connectivity index (χ3v) is 2.15. The molecule has 4 nitrogen and oxygen atoms in total. The average molecular weight is 168 g/mol. The smallest absolute Gasteiger partial charge is 0.410 e. The molecule has 1 fully saturated rings. The van der Waals surface area contributed by atoms with Crippen LogP contribution < -0.4 is 0 Å². The molecule has 0 aromatic heterocycles. The zero-order chi connectivity index (χ0) is 9.30. The molecule has 0 saturated carbocycles. The largest absolute Gasteiger partial charge is 0.432 e. The van der Waals surface area contributed by atoms with Gasteiger partial charge in [0.2, 0.25) is 0 Å². The first kappa shape index (κ1) is 9.48. The summed E-state index contributed by atoms with van der Waals surface area (Å²) in [6.07, 6.45) is 0. The van der Waals surface area contributed by atoms with Gasteiger partial charge in [-0.2, -0.15) is 0 Å². The average Bonchev–Trinajstić information content (AvgIpc) is 2.30. The highest BCUT2D eigenvalue weighted by Crippen LogP contribution is 2.17. The van der Waals surface area contributed by atoms with Crippen LogP contribution in [0.25, 0.3) is 0 Å². The Hall–Kier alpha value is -0.610. The lowest BCUT2D eigenvalue weighted by Gasteiger charge is -2.24. The van der Waals surface area contributed by atoms with Crippen LogP contribution in [-0.2, 0) is 0 Å². The van der Waals surface area contributed by atoms with Gasteiger partial charge in [-0.05, 0) is 13.6 Å². The van der Waals surface area contributed by atoms with E-state index in [1.807, 2.05) is 0 Å². The summed E-state index contributed by atoms with van der Waals surface area (Å²) in [5.74, 6) is 0.694. The standard InChI is InChI=1S/C6H14B2N2O2/c1-6-9(7(2)11)4-5-10(6)8(3)12/h11-12H,1,4-5H2,2-3H3. The van der Waals surface area contributed by atoms with Gasteiger partial charge in [-0.15, -0.1) is 0 Å². The van der Waals surface area contributed by atoms with Crippen LogP contribution >= 0.6 is 0 Å². The van der Waals surface area contributed by atoms with Crippen LogP contribution in [0.1, 0.15) is 0 Å². The van der Waals surface area contributed by atoms with Crippen LogP contribution in [0.3, 0.4) is 0 Å². The summed E-state index contributed by atoms with van der Waals surface area (Å²) in [7, 11) is -1.05. The van der Waals surface area contributed by atoms with Crippen molar-refractivity contribution in [2.24, 2.45) is 0 Å². The number of hydrogen-bond donors (Lipinski definition) is 2. The summed E-state index contributed by atoms with van der Waals surface area (Å²) in [6, 6.07) is 0. The normalized spacial score (nSPS) is 17.2. The van der Waals surface area contributed by atoms with E-state index in [-0.39, 0.29) is 0 Å². The summed E-state index contributed by atoms with van der Waals surface area (Å²) in [4.78, 5) is 3.51. The van der Waals surface area contributed by atoms with Gasteiger partial charge in [-0.25, -0.2) is 0 Å². The summed E-state index contributed by atoms with van der Waals surface area (Å²) >= 11 is 0. The van der Waals surface area contributed by atoms with Crippen LogP contribution in [0.5, 0.6) is 0 Å².